The van der Waals surface area contributed by atoms with Crippen LogP contribution in [-0.4, -0.2) is 0 Å². The quantitative estimate of drug-likeness (QED) is 0.457. The molecule has 0 unspecified atom stereocenters. The van der Waals surface area contributed by atoms with Crippen molar-refractivity contribution in [3.63, 3.8) is 0 Å². The summed E-state index contributed by atoms with van der Waals surface area (Å²) in [6.07, 6.45) is 7.82. The van der Waals surface area contributed by atoms with Gasteiger partial charge in [0.25, 0.3) is 0 Å². The predicted octanol–water partition coefficient (Wildman–Crippen LogP) is 5.56. The lowest BCUT2D eigenvalue weighted by atomic mass is 10.1. The second kappa shape index (κ2) is 7.41. The van der Waals surface area contributed by atoms with Crippen molar-refractivity contribution in [2.24, 2.45) is 0 Å². The second-order valence-corrected chi connectivity index (χ2v) is 4.57. The van der Waals surface area contributed by atoms with Gasteiger partial charge < -0.3 is 4.42 Å². The molecule has 0 fully saturated rings. The Morgan fingerprint density at radius 1 is 0.909 bits per heavy atom. The summed E-state index contributed by atoms with van der Waals surface area (Å²) in [6.45, 7) is 5.96. The van der Waals surface area contributed by atoms with Gasteiger partial charge >= 0.3 is 0 Å². The number of para-hydroxylation sites is 1. The molecule has 0 saturated carbocycles. The van der Waals surface area contributed by atoms with Gasteiger partial charge in [0.15, 0.2) is 0 Å². The lowest BCUT2D eigenvalue weighted by Gasteiger charge is -2.02. The van der Waals surface area contributed by atoms with Gasteiger partial charge in [-0.2, -0.15) is 0 Å². The minimum Gasteiger partial charge on any atom is -0.456 e. The van der Waals surface area contributed by atoms with Gasteiger partial charge in [-0.05, 0) is 36.8 Å². The van der Waals surface area contributed by atoms with E-state index in [0.717, 1.165) is 5.56 Å². The van der Waals surface area contributed by atoms with Gasteiger partial charge in [-0.15, -0.1) is 0 Å². The lowest BCUT2D eigenvalue weighted by molar-refractivity contribution is 0.660. The van der Waals surface area contributed by atoms with Gasteiger partial charge in [0.2, 0.25) is 5.43 Å². The smallest absolute Gasteiger partial charge is 0.200 e. The fraction of sp³-hybridized carbons (Fsp3) is 0.150. The maximum Gasteiger partial charge on any atom is 0.200 e. The number of rotatable bonds is 2. The first kappa shape index (κ1) is 15.8. The molecule has 0 atom stereocenters. The van der Waals surface area contributed by atoms with Crippen LogP contribution in [0.4, 0.5) is 0 Å². The Bertz CT molecular complexity index is 883. The number of benzene rings is 2. The fourth-order valence-corrected chi connectivity index (χ4v) is 2.20. The third kappa shape index (κ3) is 3.17. The first-order chi connectivity index (χ1) is 10.8. The van der Waals surface area contributed by atoms with E-state index in [-0.39, 0.29) is 5.43 Å². The highest BCUT2D eigenvalue weighted by Gasteiger charge is 2.06. The molecule has 22 heavy (non-hydrogen) atoms. The van der Waals surface area contributed by atoms with E-state index in [1.54, 1.807) is 6.07 Å². The van der Waals surface area contributed by atoms with Crippen LogP contribution in [-0.2, 0) is 0 Å². The highest BCUT2D eigenvalue weighted by atomic mass is 16.3. The maximum atomic E-state index is 12.5. The Morgan fingerprint density at radius 2 is 1.64 bits per heavy atom. The van der Waals surface area contributed by atoms with Crippen molar-refractivity contribution in [1.29, 1.82) is 0 Å². The SMILES string of the molecule is C/C=C\C=C/c1ccc2oc3ccccc3c(=O)c2c1.CC. The highest BCUT2D eigenvalue weighted by Crippen LogP contribution is 2.19. The summed E-state index contributed by atoms with van der Waals surface area (Å²) in [5.74, 6) is 0. The van der Waals surface area contributed by atoms with Crippen molar-refractivity contribution >= 4 is 28.0 Å². The van der Waals surface area contributed by atoms with Crippen LogP contribution in [0.15, 0.2) is 69.9 Å². The largest absolute Gasteiger partial charge is 0.456 e. The molecule has 0 aliphatic rings. The molecule has 2 heteroatoms. The normalized spacial score (nSPS) is 11.2. The zero-order valence-electron chi connectivity index (χ0n) is 13.2. The standard InChI is InChI=1S/C18H14O2.C2H6/c1-2-3-4-7-13-10-11-17-15(12-13)18(19)14-8-5-6-9-16(14)20-17;1-2/h2-12H,1H3;1-2H3/b3-2-,7-4-;. The van der Waals surface area contributed by atoms with Crippen LogP contribution >= 0.6 is 0 Å². The molecule has 0 bridgehead atoms. The summed E-state index contributed by atoms with van der Waals surface area (Å²) in [7, 11) is 0. The van der Waals surface area contributed by atoms with E-state index in [1.165, 1.54) is 0 Å². The molecule has 3 aromatic rings. The molecule has 0 N–H and O–H groups in total. The fourth-order valence-electron chi connectivity index (χ4n) is 2.20. The molecule has 0 radical (unpaired) electrons. The minimum absolute atomic E-state index is 0.0168. The molecular weight excluding hydrogens is 272 g/mol. The first-order valence-electron chi connectivity index (χ1n) is 7.54. The summed E-state index contributed by atoms with van der Waals surface area (Å²) in [5.41, 5.74) is 2.25. The van der Waals surface area contributed by atoms with E-state index < -0.39 is 0 Å². The van der Waals surface area contributed by atoms with Gasteiger partial charge in [0.05, 0.1) is 10.8 Å². The average Bonchev–Trinajstić information content (AvgIpc) is 2.58. The van der Waals surface area contributed by atoms with Crippen molar-refractivity contribution in [3.05, 3.63) is 76.5 Å². The Balaban J connectivity index is 0.000000847. The Labute approximate surface area is 130 Å². The van der Waals surface area contributed by atoms with Gasteiger partial charge in [0.1, 0.15) is 11.2 Å². The van der Waals surface area contributed by atoms with E-state index in [0.29, 0.717) is 21.9 Å². The molecule has 2 nitrogen and oxygen atoms in total. The number of fused-ring (bicyclic) bond motifs is 2. The van der Waals surface area contributed by atoms with E-state index >= 15 is 0 Å². The van der Waals surface area contributed by atoms with Gasteiger partial charge in [0, 0.05) is 0 Å². The van der Waals surface area contributed by atoms with Crippen LogP contribution in [0.1, 0.15) is 26.3 Å². The van der Waals surface area contributed by atoms with Gasteiger partial charge in [-0.1, -0.05) is 56.4 Å². The van der Waals surface area contributed by atoms with Crippen molar-refractivity contribution in [3.8, 4) is 0 Å². The maximum absolute atomic E-state index is 12.5. The molecule has 0 aliphatic heterocycles. The molecular formula is C20H20O2. The molecule has 3 rings (SSSR count). The van der Waals surface area contributed by atoms with Gasteiger partial charge in [-0.25, -0.2) is 0 Å². The zero-order valence-corrected chi connectivity index (χ0v) is 13.2. The monoisotopic (exact) mass is 292 g/mol. The Morgan fingerprint density at radius 3 is 2.41 bits per heavy atom. The van der Waals surface area contributed by atoms with Crippen molar-refractivity contribution < 1.29 is 4.42 Å². The van der Waals surface area contributed by atoms with Crippen LogP contribution in [0.3, 0.4) is 0 Å². The molecule has 2 aromatic carbocycles. The Hall–Kier alpha value is -2.61. The number of allylic oxidation sites excluding steroid dienone is 3. The molecule has 1 heterocycles. The van der Waals surface area contributed by atoms with E-state index in [2.05, 4.69) is 0 Å². The van der Waals surface area contributed by atoms with E-state index in [9.17, 15) is 4.79 Å². The van der Waals surface area contributed by atoms with Crippen molar-refractivity contribution in [2.75, 3.05) is 0 Å². The summed E-state index contributed by atoms with van der Waals surface area (Å²) >= 11 is 0. The van der Waals surface area contributed by atoms with Crippen molar-refractivity contribution in [2.45, 2.75) is 20.8 Å². The molecule has 112 valence electrons. The second-order valence-electron chi connectivity index (χ2n) is 4.57. The third-order valence-electron chi connectivity index (χ3n) is 3.19. The lowest BCUT2D eigenvalue weighted by Crippen LogP contribution is -2.01. The Kier molecular flexibility index (Phi) is 5.31. The van der Waals surface area contributed by atoms with E-state index in [4.69, 9.17) is 4.42 Å². The predicted molar refractivity (Wildman–Crippen MR) is 95.2 cm³/mol. The molecule has 0 amide bonds. The number of hydrogen-bond acceptors (Lipinski definition) is 2. The molecule has 0 saturated heterocycles. The topological polar surface area (TPSA) is 30.2 Å². The van der Waals surface area contributed by atoms with Crippen LogP contribution in [0, 0.1) is 0 Å². The minimum atomic E-state index is 0.0168. The highest BCUT2D eigenvalue weighted by molar-refractivity contribution is 5.90. The van der Waals surface area contributed by atoms with E-state index in [1.807, 2.05) is 81.5 Å². The molecule has 0 aliphatic carbocycles. The summed E-state index contributed by atoms with van der Waals surface area (Å²) < 4.78 is 5.77. The van der Waals surface area contributed by atoms with Crippen LogP contribution < -0.4 is 5.43 Å². The zero-order chi connectivity index (χ0) is 15.9. The third-order valence-corrected chi connectivity index (χ3v) is 3.19. The average molecular weight is 292 g/mol. The van der Waals surface area contributed by atoms with Crippen LogP contribution in [0.25, 0.3) is 28.0 Å². The summed E-state index contributed by atoms with van der Waals surface area (Å²) in [4.78, 5) is 12.5. The van der Waals surface area contributed by atoms with Crippen LogP contribution in [0.2, 0.25) is 0 Å². The summed E-state index contributed by atoms with van der Waals surface area (Å²) in [5, 5.41) is 1.24. The number of hydrogen-bond donors (Lipinski definition) is 0. The van der Waals surface area contributed by atoms with Crippen molar-refractivity contribution in [1.82, 2.24) is 0 Å². The molecule has 1 aromatic heterocycles. The molecule has 0 spiro atoms. The summed E-state index contributed by atoms with van der Waals surface area (Å²) in [6, 6.07) is 13.0. The first-order valence-corrected chi connectivity index (χ1v) is 7.54. The van der Waals surface area contributed by atoms with Gasteiger partial charge in [-0.3, -0.25) is 4.79 Å². The van der Waals surface area contributed by atoms with Crippen LogP contribution in [0.5, 0.6) is 0 Å².